The predicted octanol–water partition coefficient (Wildman–Crippen LogP) is 4.94. The second kappa shape index (κ2) is 9.40. The van der Waals surface area contributed by atoms with Crippen LogP contribution in [0, 0.1) is 10.1 Å². The molecule has 0 saturated heterocycles. The van der Waals surface area contributed by atoms with Crippen molar-refractivity contribution in [1.29, 1.82) is 0 Å². The average molecular weight is 475 g/mol. The van der Waals surface area contributed by atoms with E-state index in [9.17, 15) is 14.9 Å². The lowest BCUT2D eigenvalue weighted by molar-refractivity contribution is -0.384. The molecule has 1 aromatic heterocycles. The van der Waals surface area contributed by atoms with Crippen LogP contribution < -0.4 is 14.8 Å². The number of nitrogens with zero attached hydrogens (tertiary/aromatic N) is 3. The summed E-state index contributed by atoms with van der Waals surface area (Å²) in [5.74, 6) is 1.01. The second-order valence-electron chi connectivity index (χ2n) is 6.30. The first kappa shape index (κ1) is 21.3. The lowest BCUT2D eigenvalue weighted by atomic mass is 10.2. The van der Waals surface area contributed by atoms with Gasteiger partial charge in [0.25, 0.3) is 5.69 Å². The van der Waals surface area contributed by atoms with Crippen LogP contribution in [0.3, 0.4) is 0 Å². The summed E-state index contributed by atoms with van der Waals surface area (Å²) in [6.07, 6.45) is 3.77. The number of carbonyl (C=O) groups is 1. The maximum Gasteiger partial charge on any atom is 0.275 e. The van der Waals surface area contributed by atoms with Gasteiger partial charge in [-0.05, 0) is 46.6 Å². The Morgan fingerprint density at radius 2 is 1.93 bits per heavy atom. The van der Waals surface area contributed by atoms with E-state index >= 15 is 0 Å². The molecular weight excluding hydrogens is 456 g/mol. The number of nitro benzene ring substituents is 1. The molecule has 0 saturated carbocycles. The molecule has 0 aliphatic carbocycles. The second-order valence-corrected chi connectivity index (χ2v) is 7.22. The molecule has 3 rings (SSSR count). The first-order valence-corrected chi connectivity index (χ1v) is 9.80. The highest BCUT2D eigenvalue weighted by atomic mass is 79.9. The summed E-state index contributed by atoms with van der Waals surface area (Å²) in [5, 5.41) is 18.2. The van der Waals surface area contributed by atoms with Crippen molar-refractivity contribution in [3.8, 4) is 17.2 Å². The standard InChI is InChI=1S/C20H19BrN4O5/c1-3-19(24-12-13(21)11-22-24)20(26)23-14-8-15(25(27)28)10-18(9-14)30-17-6-4-16(29-2)5-7-17/h4-12,19H,3H2,1-2H3,(H,23,26). The number of aromatic nitrogens is 2. The lowest BCUT2D eigenvalue weighted by Crippen LogP contribution is -2.26. The Morgan fingerprint density at radius 3 is 2.50 bits per heavy atom. The van der Waals surface area contributed by atoms with Gasteiger partial charge in [-0.15, -0.1) is 0 Å². The number of hydrogen-bond donors (Lipinski definition) is 1. The molecule has 0 radical (unpaired) electrons. The highest BCUT2D eigenvalue weighted by molar-refractivity contribution is 9.10. The number of rotatable bonds is 8. The van der Waals surface area contributed by atoms with Crippen LogP contribution in [-0.2, 0) is 4.79 Å². The van der Waals surface area contributed by atoms with E-state index in [1.807, 2.05) is 6.92 Å². The van der Waals surface area contributed by atoms with Crippen molar-refractivity contribution in [2.24, 2.45) is 0 Å². The minimum Gasteiger partial charge on any atom is -0.497 e. The zero-order chi connectivity index (χ0) is 21.7. The summed E-state index contributed by atoms with van der Waals surface area (Å²) in [5.41, 5.74) is 0.0496. The molecular formula is C20H19BrN4O5. The van der Waals surface area contributed by atoms with Gasteiger partial charge in [-0.2, -0.15) is 5.10 Å². The molecule has 30 heavy (non-hydrogen) atoms. The van der Waals surface area contributed by atoms with Gasteiger partial charge >= 0.3 is 0 Å². The van der Waals surface area contributed by atoms with Gasteiger partial charge in [0.1, 0.15) is 23.3 Å². The van der Waals surface area contributed by atoms with Crippen LogP contribution in [-0.4, -0.2) is 27.7 Å². The Morgan fingerprint density at radius 1 is 1.23 bits per heavy atom. The molecule has 3 aromatic rings. The van der Waals surface area contributed by atoms with Crippen molar-refractivity contribution in [1.82, 2.24) is 9.78 Å². The molecule has 0 fully saturated rings. The number of benzene rings is 2. The molecule has 0 aliphatic heterocycles. The molecule has 2 aromatic carbocycles. The van der Waals surface area contributed by atoms with Gasteiger partial charge in [0, 0.05) is 18.3 Å². The highest BCUT2D eigenvalue weighted by Gasteiger charge is 2.21. The van der Waals surface area contributed by atoms with Crippen molar-refractivity contribution in [2.75, 3.05) is 12.4 Å². The first-order valence-electron chi connectivity index (χ1n) is 9.01. The maximum absolute atomic E-state index is 12.8. The fourth-order valence-electron chi connectivity index (χ4n) is 2.80. The Bertz CT molecular complexity index is 1050. The zero-order valence-electron chi connectivity index (χ0n) is 16.2. The molecule has 0 bridgehead atoms. The Hall–Kier alpha value is -3.40. The minimum atomic E-state index is -0.568. The van der Waals surface area contributed by atoms with Crippen LogP contribution in [0.2, 0.25) is 0 Å². The quantitative estimate of drug-likeness (QED) is 0.365. The highest BCUT2D eigenvalue weighted by Crippen LogP contribution is 2.31. The molecule has 9 nitrogen and oxygen atoms in total. The summed E-state index contributed by atoms with van der Waals surface area (Å²) in [4.78, 5) is 23.6. The smallest absolute Gasteiger partial charge is 0.275 e. The van der Waals surface area contributed by atoms with E-state index in [-0.39, 0.29) is 23.0 Å². The number of carbonyl (C=O) groups excluding carboxylic acids is 1. The van der Waals surface area contributed by atoms with Crippen LogP contribution in [0.15, 0.2) is 59.3 Å². The van der Waals surface area contributed by atoms with E-state index < -0.39 is 11.0 Å². The van der Waals surface area contributed by atoms with E-state index in [4.69, 9.17) is 9.47 Å². The monoisotopic (exact) mass is 474 g/mol. The van der Waals surface area contributed by atoms with E-state index in [0.29, 0.717) is 17.9 Å². The first-order chi connectivity index (χ1) is 14.4. The molecule has 156 valence electrons. The topological polar surface area (TPSA) is 109 Å². The number of non-ortho nitro benzene ring substituents is 1. The number of hydrogen-bond acceptors (Lipinski definition) is 6. The van der Waals surface area contributed by atoms with E-state index in [2.05, 4.69) is 26.3 Å². The van der Waals surface area contributed by atoms with Crippen LogP contribution in [0.5, 0.6) is 17.2 Å². The Kier molecular flexibility index (Phi) is 6.68. The number of nitrogens with one attached hydrogen (secondary N) is 1. The normalized spacial score (nSPS) is 11.6. The predicted molar refractivity (Wildman–Crippen MR) is 114 cm³/mol. The van der Waals surface area contributed by atoms with Crippen molar-refractivity contribution < 1.29 is 19.2 Å². The van der Waals surface area contributed by atoms with Crippen molar-refractivity contribution in [2.45, 2.75) is 19.4 Å². The summed E-state index contributed by atoms with van der Waals surface area (Å²) >= 11 is 3.31. The number of nitro groups is 1. The fourth-order valence-corrected chi connectivity index (χ4v) is 3.10. The molecule has 1 unspecified atom stereocenters. The Labute approximate surface area is 180 Å². The minimum absolute atomic E-state index is 0.203. The van der Waals surface area contributed by atoms with Crippen LogP contribution in [0.25, 0.3) is 0 Å². The summed E-state index contributed by atoms with van der Waals surface area (Å²) in [7, 11) is 1.55. The van der Waals surface area contributed by atoms with Gasteiger partial charge in [0.15, 0.2) is 0 Å². The van der Waals surface area contributed by atoms with Crippen molar-refractivity contribution in [3.05, 3.63) is 69.4 Å². The lowest BCUT2D eigenvalue weighted by Gasteiger charge is -2.16. The van der Waals surface area contributed by atoms with Crippen LogP contribution in [0.4, 0.5) is 11.4 Å². The van der Waals surface area contributed by atoms with Crippen LogP contribution >= 0.6 is 15.9 Å². The summed E-state index contributed by atoms with van der Waals surface area (Å²) < 4.78 is 13.1. The van der Waals surface area contributed by atoms with Crippen LogP contribution in [0.1, 0.15) is 19.4 Å². The Balaban J connectivity index is 1.84. The molecule has 1 heterocycles. The molecule has 0 aliphatic rings. The molecule has 1 N–H and O–H groups in total. The third-order valence-electron chi connectivity index (χ3n) is 4.24. The van der Waals surface area contributed by atoms with Gasteiger partial charge in [0.2, 0.25) is 5.91 Å². The average Bonchev–Trinajstić information content (AvgIpc) is 3.14. The molecule has 10 heteroatoms. The van der Waals surface area contributed by atoms with Crippen molar-refractivity contribution >= 4 is 33.2 Å². The third kappa shape index (κ3) is 5.15. The zero-order valence-corrected chi connectivity index (χ0v) is 17.8. The molecule has 1 atom stereocenters. The number of anilines is 1. The molecule has 0 spiro atoms. The number of methoxy groups -OCH3 is 1. The van der Waals surface area contributed by atoms with E-state index in [0.717, 1.165) is 4.47 Å². The number of halogens is 1. The molecule has 1 amide bonds. The van der Waals surface area contributed by atoms with Gasteiger partial charge < -0.3 is 14.8 Å². The van der Waals surface area contributed by atoms with Gasteiger partial charge in [-0.25, -0.2) is 0 Å². The summed E-state index contributed by atoms with van der Waals surface area (Å²) in [6.45, 7) is 1.85. The number of amides is 1. The SMILES string of the molecule is CCC(C(=O)Nc1cc(Oc2ccc(OC)cc2)cc([N+](=O)[O-])c1)n1cc(Br)cn1. The van der Waals surface area contributed by atoms with Gasteiger partial charge in [0.05, 0.1) is 34.5 Å². The third-order valence-corrected chi connectivity index (χ3v) is 4.65. The fraction of sp³-hybridized carbons (Fsp3) is 0.200. The van der Waals surface area contributed by atoms with E-state index in [1.54, 1.807) is 43.8 Å². The van der Waals surface area contributed by atoms with E-state index in [1.165, 1.54) is 22.9 Å². The van der Waals surface area contributed by atoms with Gasteiger partial charge in [-0.3, -0.25) is 19.6 Å². The maximum atomic E-state index is 12.8. The number of ether oxygens (including phenoxy) is 2. The largest absolute Gasteiger partial charge is 0.497 e. The van der Waals surface area contributed by atoms with Crippen molar-refractivity contribution in [3.63, 3.8) is 0 Å². The summed E-state index contributed by atoms with van der Waals surface area (Å²) in [6, 6.07) is 10.3. The van der Waals surface area contributed by atoms with Gasteiger partial charge in [-0.1, -0.05) is 6.92 Å².